The average Bonchev–Trinajstić information content (AvgIpc) is 3.28. The number of amides is 2. The van der Waals surface area contributed by atoms with E-state index >= 15 is 0 Å². The SMILES string of the molecule is COC(=O)C(=O)N(C(=O)CN1CC(C)(c2ccccc2)C(c2ccc(C(F)(F)F)c(Cl)c2)=N1)c1ccc(C(F)(F)F)cc1. The number of esters is 1. The zero-order chi connectivity index (χ0) is 31.7. The second-order valence-corrected chi connectivity index (χ2v) is 10.1. The summed E-state index contributed by atoms with van der Waals surface area (Å²) in [7, 11) is 0.896. The van der Waals surface area contributed by atoms with E-state index in [2.05, 4.69) is 9.84 Å². The van der Waals surface area contributed by atoms with Gasteiger partial charge in [0.15, 0.2) is 0 Å². The van der Waals surface area contributed by atoms with Crippen LogP contribution >= 0.6 is 11.6 Å². The molecule has 1 heterocycles. The van der Waals surface area contributed by atoms with E-state index in [1.807, 2.05) is 0 Å². The van der Waals surface area contributed by atoms with Gasteiger partial charge in [-0.15, -0.1) is 0 Å². The Kier molecular flexibility index (Phi) is 8.59. The number of hydrazone groups is 1. The lowest BCUT2D eigenvalue weighted by Crippen LogP contribution is -2.46. The molecule has 3 aromatic carbocycles. The highest BCUT2D eigenvalue weighted by Gasteiger charge is 2.43. The molecule has 1 atom stereocenters. The van der Waals surface area contributed by atoms with Crippen molar-refractivity contribution < 1.29 is 45.5 Å². The molecule has 1 unspecified atom stereocenters. The highest BCUT2D eigenvalue weighted by molar-refractivity contribution is 6.43. The second kappa shape index (κ2) is 11.7. The molecule has 0 N–H and O–H groups in total. The van der Waals surface area contributed by atoms with Crippen LogP contribution in [0.5, 0.6) is 0 Å². The van der Waals surface area contributed by atoms with Gasteiger partial charge in [-0.25, -0.2) is 9.69 Å². The summed E-state index contributed by atoms with van der Waals surface area (Å²) in [5.74, 6) is -3.91. The molecule has 7 nitrogen and oxygen atoms in total. The predicted molar refractivity (Wildman–Crippen MR) is 144 cm³/mol. The van der Waals surface area contributed by atoms with E-state index in [0.29, 0.717) is 22.6 Å². The molecule has 1 aliphatic heterocycles. The molecule has 43 heavy (non-hydrogen) atoms. The Morgan fingerprint density at radius 1 is 0.953 bits per heavy atom. The van der Waals surface area contributed by atoms with Crippen LogP contribution in [0, 0.1) is 0 Å². The van der Waals surface area contributed by atoms with Gasteiger partial charge in [-0.2, -0.15) is 31.4 Å². The second-order valence-electron chi connectivity index (χ2n) is 9.73. The Morgan fingerprint density at radius 3 is 2.12 bits per heavy atom. The lowest BCUT2D eigenvalue weighted by Gasteiger charge is -2.28. The molecule has 1 aliphatic rings. The van der Waals surface area contributed by atoms with Crippen LogP contribution in [0.15, 0.2) is 77.9 Å². The van der Waals surface area contributed by atoms with Crippen LogP contribution in [-0.4, -0.2) is 48.7 Å². The topological polar surface area (TPSA) is 79.3 Å². The average molecular weight is 626 g/mol. The molecule has 0 aliphatic carbocycles. The molecule has 0 aromatic heterocycles. The molecule has 3 aromatic rings. The maximum atomic E-state index is 13.5. The Bertz CT molecular complexity index is 1580. The van der Waals surface area contributed by atoms with Crippen molar-refractivity contribution in [2.24, 2.45) is 5.10 Å². The molecule has 0 saturated carbocycles. The van der Waals surface area contributed by atoms with Crippen molar-refractivity contribution in [1.82, 2.24) is 5.01 Å². The summed E-state index contributed by atoms with van der Waals surface area (Å²) < 4.78 is 83.7. The van der Waals surface area contributed by atoms with Crippen molar-refractivity contribution in [2.45, 2.75) is 24.7 Å². The number of imide groups is 1. The third-order valence-electron chi connectivity index (χ3n) is 6.80. The number of halogens is 7. The van der Waals surface area contributed by atoms with Gasteiger partial charge in [0.25, 0.3) is 5.91 Å². The number of carbonyl (C=O) groups excluding carboxylic acids is 3. The van der Waals surface area contributed by atoms with Crippen molar-refractivity contribution in [2.75, 3.05) is 25.1 Å². The summed E-state index contributed by atoms with van der Waals surface area (Å²) in [5.41, 5.74) is -2.19. The summed E-state index contributed by atoms with van der Waals surface area (Å²) in [6.07, 6.45) is -9.38. The fraction of sp³-hybridized carbons (Fsp3) is 0.241. The minimum atomic E-state index is -4.69. The third-order valence-corrected chi connectivity index (χ3v) is 7.12. The molecule has 0 fully saturated rings. The number of carbonyl (C=O) groups is 3. The largest absolute Gasteiger partial charge is 0.462 e. The van der Waals surface area contributed by atoms with Crippen molar-refractivity contribution in [3.05, 3.63) is 100 Å². The van der Waals surface area contributed by atoms with Crippen LogP contribution in [0.4, 0.5) is 32.0 Å². The van der Waals surface area contributed by atoms with Crippen LogP contribution < -0.4 is 4.90 Å². The molecule has 14 heteroatoms. The predicted octanol–water partition coefficient (Wildman–Crippen LogP) is 6.09. The number of nitrogens with zero attached hydrogens (tertiary/aromatic N) is 3. The van der Waals surface area contributed by atoms with Crippen LogP contribution in [-0.2, 0) is 36.9 Å². The molecule has 4 rings (SSSR count). The Labute approximate surface area is 246 Å². The van der Waals surface area contributed by atoms with Gasteiger partial charge < -0.3 is 4.74 Å². The number of alkyl halides is 6. The Balaban J connectivity index is 1.73. The number of anilines is 1. The quantitative estimate of drug-likeness (QED) is 0.195. The van der Waals surface area contributed by atoms with Gasteiger partial charge in [0.05, 0.1) is 46.6 Å². The van der Waals surface area contributed by atoms with E-state index < -0.39 is 58.2 Å². The fourth-order valence-electron chi connectivity index (χ4n) is 4.70. The van der Waals surface area contributed by atoms with Gasteiger partial charge in [0, 0.05) is 5.56 Å². The summed E-state index contributed by atoms with van der Waals surface area (Å²) in [6, 6.07) is 14.9. The number of rotatable bonds is 5. The Hall–Kier alpha value is -4.39. The first-order chi connectivity index (χ1) is 20.1. The van der Waals surface area contributed by atoms with Crippen molar-refractivity contribution in [3.8, 4) is 0 Å². The summed E-state index contributed by atoms with van der Waals surface area (Å²) in [5, 5.41) is 5.18. The maximum absolute atomic E-state index is 13.5. The van der Waals surface area contributed by atoms with Gasteiger partial charge in [0.1, 0.15) is 6.54 Å². The lowest BCUT2D eigenvalue weighted by molar-refractivity contribution is -0.152. The minimum absolute atomic E-state index is 0.00396. The minimum Gasteiger partial charge on any atom is -0.462 e. The molecule has 0 radical (unpaired) electrons. The number of ether oxygens (including phenoxy) is 1. The summed E-state index contributed by atoms with van der Waals surface area (Å²) >= 11 is 5.98. The molecule has 0 saturated heterocycles. The van der Waals surface area contributed by atoms with Gasteiger partial charge >= 0.3 is 24.2 Å². The van der Waals surface area contributed by atoms with Crippen LogP contribution in [0.25, 0.3) is 0 Å². The molecule has 2 amide bonds. The van der Waals surface area contributed by atoms with Crippen molar-refractivity contribution >= 4 is 40.8 Å². The standard InChI is InChI=1S/C29H22ClF6N3O4/c1-27(18-6-4-3-5-7-18)16-38(37-24(27)17-8-13-21(22(30)14-17)29(34,35)36)15-23(40)39(25(41)26(42)43-2)20-11-9-19(10-12-20)28(31,32)33/h3-14H,15-16H2,1-2H3. The molecule has 226 valence electrons. The smallest absolute Gasteiger partial charge is 0.417 e. The van der Waals surface area contributed by atoms with Crippen LogP contribution in [0.1, 0.15) is 29.2 Å². The number of hydrogen-bond acceptors (Lipinski definition) is 6. The molecule has 0 spiro atoms. The van der Waals surface area contributed by atoms with Gasteiger partial charge in [-0.05, 0) is 48.9 Å². The van der Waals surface area contributed by atoms with E-state index in [9.17, 15) is 40.7 Å². The van der Waals surface area contributed by atoms with Crippen molar-refractivity contribution in [1.29, 1.82) is 0 Å². The van der Waals surface area contributed by atoms with Gasteiger partial charge in [-0.3, -0.25) is 14.6 Å². The molecular weight excluding hydrogens is 604 g/mol. The fourth-order valence-corrected chi connectivity index (χ4v) is 4.99. The first-order valence-corrected chi connectivity index (χ1v) is 12.8. The molecular formula is C29H22ClF6N3O4. The third kappa shape index (κ3) is 6.51. The van der Waals surface area contributed by atoms with Gasteiger partial charge in [-0.1, -0.05) is 48.0 Å². The van der Waals surface area contributed by atoms with Crippen LogP contribution in [0.2, 0.25) is 5.02 Å². The zero-order valence-electron chi connectivity index (χ0n) is 22.5. The molecule has 0 bridgehead atoms. The maximum Gasteiger partial charge on any atom is 0.417 e. The number of benzene rings is 3. The Morgan fingerprint density at radius 2 is 1.58 bits per heavy atom. The highest BCUT2D eigenvalue weighted by Crippen LogP contribution is 2.39. The zero-order valence-corrected chi connectivity index (χ0v) is 23.2. The van der Waals surface area contributed by atoms with E-state index in [4.69, 9.17) is 11.6 Å². The first-order valence-electron chi connectivity index (χ1n) is 12.5. The number of methoxy groups -OCH3 is 1. The van der Waals surface area contributed by atoms with E-state index in [1.54, 1.807) is 37.3 Å². The van der Waals surface area contributed by atoms with Gasteiger partial charge in [0.2, 0.25) is 0 Å². The number of hydrogen-bond donors (Lipinski definition) is 0. The first kappa shape index (κ1) is 31.5. The monoisotopic (exact) mass is 625 g/mol. The normalized spacial score (nSPS) is 17.0. The highest BCUT2D eigenvalue weighted by atomic mass is 35.5. The van der Waals surface area contributed by atoms with Crippen molar-refractivity contribution in [3.63, 3.8) is 0 Å². The summed E-state index contributed by atoms with van der Waals surface area (Å²) in [6.45, 7) is 1.12. The van der Waals surface area contributed by atoms with E-state index in [0.717, 1.165) is 31.4 Å². The van der Waals surface area contributed by atoms with Crippen LogP contribution in [0.3, 0.4) is 0 Å². The summed E-state index contributed by atoms with van der Waals surface area (Å²) in [4.78, 5) is 38.7. The van der Waals surface area contributed by atoms with E-state index in [-0.39, 0.29) is 23.5 Å². The lowest BCUT2D eigenvalue weighted by atomic mass is 9.76. The van der Waals surface area contributed by atoms with E-state index in [1.165, 1.54) is 11.1 Å².